The molecule has 0 fully saturated rings. The maximum absolute atomic E-state index is 12.8. The zero-order valence-corrected chi connectivity index (χ0v) is 17.2. The Morgan fingerprint density at radius 2 is 1.96 bits per heavy atom. The third kappa shape index (κ3) is 4.58. The number of carbonyl (C=O) groups is 1. The van der Waals surface area contributed by atoms with Crippen molar-refractivity contribution < 1.29 is 19.0 Å². The molecule has 1 aliphatic heterocycles. The van der Waals surface area contributed by atoms with E-state index in [0.29, 0.717) is 32.2 Å². The van der Waals surface area contributed by atoms with Crippen LogP contribution in [0, 0.1) is 6.92 Å². The van der Waals surface area contributed by atoms with Gasteiger partial charge in [-0.2, -0.15) is 0 Å². The molecule has 0 unspecified atom stereocenters. The average Bonchev–Trinajstić information content (AvgIpc) is 2.70. The van der Waals surface area contributed by atoms with E-state index in [0.717, 1.165) is 33.9 Å². The van der Waals surface area contributed by atoms with Crippen LogP contribution < -0.4 is 14.2 Å². The van der Waals surface area contributed by atoms with Crippen molar-refractivity contribution in [3.8, 4) is 17.2 Å². The Kier molecular flexibility index (Phi) is 6.45. The van der Waals surface area contributed by atoms with E-state index in [9.17, 15) is 4.79 Å². The number of benzene rings is 2. The Balaban J connectivity index is 1.69. The summed E-state index contributed by atoms with van der Waals surface area (Å²) in [7, 11) is 0. The van der Waals surface area contributed by atoms with Gasteiger partial charge in [0.25, 0.3) is 5.91 Å². The maximum Gasteiger partial charge on any atom is 0.260 e. The number of amides is 1. The average molecular weight is 383 g/mol. The zero-order valence-electron chi connectivity index (χ0n) is 17.2. The van der Waals surface area contributed by atoms with Crippen LogP contribution in [0.5, 0.6) is 17.2 Å². The monoisotopic (exact) mass is 383 g/mol. The summed E-state index contributed by atoms with van der Waals surface area (Å²) in [6.07, 6.45) is 0. The van der Waals surface area contributed by atoms with Gasteiger partial charge < -0.3 is 19.1 Å². The summed E-state index contributed by atoms with van der Waals surface area (Å²) in [6, 6.07) is 11.9. The lowest BCUT2D eigenvalue weighted by Crippen LogP contribution is -2.34. The third-order valence-corrected chi connectivity index (χ3v) is 4.89. The molecule has 5 heteroatoms. The van der Waals surface area contributed by atoms with Crippen molar-refractivity contribution in [2.24, 2.45) is 0 Å². The van der Waals surface area contributed by atoms with Crippen LogP contribution in [0.4, 0.5) is 0 Å². The first kappa shape index (κ1) is 20.1. The molecule has 2 aromatic rings. The zero-order chi connectivity index (χ0) is 20.1. The standard InChI is InChI=1S/C23H29NO4/c1-5-24(14-18-7-6-8-20-23(18)27-12-11-26-20)22(25)15-28-21-13-17(4)9-10-19(21)16(2)3/h6-10,13,16H,5,11-12,14-15H2,1-4H3. The second-order valence-electron chi connectivity index (χ2n) is 7.33. The van der Waals surface area contributed by atoms with Gasteiger partial charge in [0.15, 0.2) is 18.1 Å². The second kappa shape index (κ2) is 9.00. The number of para-hydroxylation sites is 1. The smallest absolute Gasteiger partial charge is 0.260 e. The van der Waals surface area contributed by atoms with Crippen molar-refractivity contribution in [3.63, 3.8) is 0 Å². The predicted octanol–water partition coefficient (Wildman–Crippen LogP) is 4.32. The van der Waals surface area contributed by atoms with E-state index in [2.05, 4.69) is 26.0 Å². The van der Waals surface area contributed by atoms with Crippen molar-refractivity contribution in [3.05, 3.63) is 53.1 Å². The maximum atomic E-state index is 12.8. The molecule has 0 saturated heterocycles. The van der Waals surface area contributed by atoms with Crippen molar-refractivity contribution >= 4 is 5.91 Å². The molecule has 1 heterocycles. The van der Waals surface area contributed by atoms with Gasteiger partial charge in [-0.25, -0.2) is 0 Å². The van der Waals surface area contributed by atoms with Gasteiger partial charge in [-0.1, -0.05) is 38.1 Å². The molecule has 0 N–H and O–H groups in total. The fraction of sp³-hybridized carbons (Fsp3) is 0.435. The van der Waals surface area contributed by atoms with E-state index in [1.807, 2.05) is 38.1 Å². The fourth-order valence-corrected chi connectivity index (χ4v) is 3.31. The van der Waals surface area contributed by atoms with Crippen molar-refractivity contribution in [1.29, 1.82) is 0 Å². The van der Waals surface area contributed by atoms with Crippen LogP contribution in [0.3, 0.4) is 0 Å². The summed E-state index contributed by atoms with van der Waals surface area (Å²) < 4.78 is 17.3. The molecule has 2 aromatic carbocycles. The minimum Gasteiger partial charge on any atom is -0.486 e. The SMILES string of the molecule is CCN(Cc1cccc2c1OCCO2)C(=O)COc1cc(C)ccc1C(C)C. The topological polar surface area (TPSA) is 48.0 Å². The third-order valence-electron chi connectivity index (χ3n) is 4.89. The van der Waals surface area contributed by atoms with Crippen LogP contribution in [0.25, 0.3) is 0 Å². The molecule has 1 aliphatic rings. The lowest BCUT2D eigenvalue weighted by molar-refractivity contribution is -0.133. The number of carbonyl (C=O) groups excluding carboxylic acids is 1. The largest absolute Gasteiger partial charge is 0.486 e. The van der Waals surface area contributed by atoms with Gasteiger partial charge in [0.1, 0.15) is 19.0 Å². The number of nitrogens with zero attached hydrogens (tertiary/aromatic N) is 1. The number of hydrogen-bond donors (Lipinski definition) is 0. The number of aryl methyl sites for hydroxylation is 1. The van der Waals surface area contributed by atoms with E-state index in [1.54, 1.807) is 4.90 Å². The Morgan fingerprint density at radius 1 is 1.18 bits per heavy atom. The van der Waals surface area contributed by atoms with Crippen LogP contribution in [-0.4, -0.2) is 37.2 Å². The summed E-state index contributed by atoms with van der Waals surface area (Å²) in [5.41, 5.74) is 3.18. The highest BCUT2D eigenvalue weighted by molar-refractivity contribution is 5.78. The quantitative estimate of drug-likeness (QED) is 0.715. The molecule has 0 spiro atoms. The normalized spacial score (nSPS) is 12.8. The van der Waals surface area contributed by atoms with Gasteiger partial charge in [0.2, 0.25) is 0 Å². The Morgan fingerprint density at radius 3 is 2.71 bits per heavy atom. The molecule has 0 bridgehead atoms. The van der Waals surface area contributed by atoms with Crippen molar-refractivity contribution in [1.82, 2.24) is 4.90 Å². The molecule has 3 rings (SSSR count). The minimum absolute atomic E-state index is 0.0173. The summed E-state index contributed by atoms with van der Waals surface area (Å²) in [5, 5.41) is 0. The highest BCUT2D eigenvalue weighted by Gasteiger charge is 2.20. The fourth-order valence-electron chi connectivity index (χ4n) is 3.31. The van der Waals surface area contributed by atoms with E-state index in [1.165, 1.54) is 0 Å². The van der Waals surface area contributed by atoms with Crippen LogP contribution in [-0.2, 0) is 11.3 Å². The first-order valence-electron chi connectivity index (χ1n) is 9.88. The van der Waals surface area contributed by atoms with Gasteiger partial charge in [0.05, 0.1) is 0 Å². The Labute approximate surface area is 167 Å². The van der Waals surface area contributed by atoms with Crippen LogP contribution >= 0.6 is 0 Å². The second-order valence-corrected chi connectivity index (χ2v) is 7.33. The predicted molar refractivity (Wildman–Crippen MR) is 109 cm³/mol. The van der Waals surface area contributed by atoms with Crippen molar-refractivity contribution in [2.45, 2.75) is 40.2 Å². The Bertz CT molecular complexity index is 831. The number of likely N-dealkylation sites (N-methyl/N-ethyl adjacent to an activating group) is 1. The number of ether oxygens (including phenoxy) is 3. The molecule has 5 nitrogen and oxygen atoms in total. The van der Waals surface area contributed by atoms with Gasteiger partial charge in [0, 0.05) is 18.7 Å². The van der Waals surface area contributed by atoms with Crippen LogP contribution in [0.2, 0.25) is 0 Å². The molecular formula is C23H29NO4. The van der Waals surface area contributed by atoms with Gasteiger partial charge >= 0.3 is 0 Å². The molecular weight excluding hydrogens is 354 g/mol. The van der Waals surface area contributed by atoms with Gasteiger partial charge in [-0.05, 0) is 43.0 Å². The summed E-state index contributed by atoms with van der Waals surface area (Å²) in [5.74, 6) is 2.55. The van der Waals surface area contributed by atoms with E-state index in [4.69, 9.17) is 14.2 Å². The van der Waals surface area contributed by atoms with Gasteiger partial charge in [-0.3, -0.25) is 4.79 Å². The van der Waals surface area contributed by atoms with Crippen molar-refractivity contribution in [2.75, 3.05) is 26.4 Å². The lowest BCUT2D eigenvalue weighted by Gasteiger charge is -2.25. The van der Waals surface area contributed by atoms with E-state index in [-0.39, 0.29) is 12.5 Å². The highest BCUT2D eigenvalue weighted by Crippen LogP contribution is 2.34. The summed E-state index contributed by atoms with van der Waals surface area (Å²) in [4.78, 5) is 14.6. The first-order valence-corrected chi connectivity index (χ1v) is 9.88. The molecule has 0 atom stereocenters. The number of rotatable bonds is 7. The first-order chi connectivity index (χ1) is 13.5. The lowest BCUT2D eigenvalue weighted by atomic mass is 10.0. The molecule has 150 valence electrons. The van der Waals surface area contributed by atoms with E-state index >= 15 is 0 Å². The van der Waals surface area contributed by atoms with Gasteiger partial charge in [-0.15, -0.1) is 0 Å². The van der Waals surface area contributed by atoms with Crippen LogP contribution in [0.1, 0.15) is 43.4 Å². The minimum atomic E-state index is -0.0481. The molecule has 0 radical (unpaired) electrons. The van der Waals surface area contributed by atoms with E-state index < -0.39 is 0 Å². The summed E-state index contributed by atoms with van der Waals surface area (Å²) >= 11 is 0. The molecule has 0 saturated carbocycles. The molecule has 0 aromatic heterocycles. The van der Waals surface area contributed by atoms with Crippen LogP contribution in [0.15, 0.2) is 36.4 Å². The molecule has 1 amide bonds. The highest BCUT2D eigenvalue weighted by atomic mass is 16.6. The summed E-state index contributed by atoms with van der Waals surface area (Å²) in [6.45, 7) is 10.4. The molecule has 0 aliphatic carbocycles. The molecule has 28 heavy (non-hydrogen) atoms. The number of hydrogen-bond acceptors (Lipinski definition) is 4. The Hall–Kier alpha value is -2.69. The number of fused-ring (bicyclic) bond motifs is 1.